The van der Waals surface area contributed by atoms with Crippen molar-refractivity contribution in [3.8, 4) is 11.5 Å². The van der Waals surface area contributed by atoms with Crippen molar-refractivity contribution >= 4 is 28.5 Å². The molecule has 0 spiro atoms. The van der Waals surface area contributed by atoms with Gasteiger partial charge in [0.15, 0.2) is 5.75 Å². The van der Waals surface area contributed by atoms with E-state index in [4.69, 9.17) is 4.74 Å². The van der Waals surface area contributed by atoms with Gasteiger partial charge in [-0.25, -0.2) is 0 Å². The highest BCUT2D eigenvalue weighted by Gasteiger charge is 2.17. The third-order valence-corrected chi connectivity index (χ3v) is 4.12. The second-order valence-electron chi connectivity index (χ2n) is 5.21. The van der Waals surface area contributed by atoms with Gasteiger partial charge < -0.3 is 10.1 Å². The van der Waals surface area contributed by atoms with Crippen LogP contribution in [0.2, 0.25) is 0 Å². The molecule has 2 aromatic rings. The average molecular weight is 413 g/mol. The van der Waals surface area contributed by atoms with E-state index in [0.29, 0.717) is 5.75 Å². The predicted molar refractivity (Wildman–Crippen MR) is 94.1 cm³/mol. The van der Waals surface area contributed by atoms with E-state index in [1.807, 2.05) is 45.0 Å². The van der Waals surface area contributed by atoms with Crippen molar-refractivity contribution in [3.05, 3.63) is 40.2 Å². The first-order valence-electron chi connectivity index (χ1n) is 7.27. The number of ether oxygens (including phenoxy) is 1. The van der Waals surface area contributed by atoms with Crippen molar-refractivity contribution in [1.82, 2.24) is 15.1 Å². The zero-order chi connectivity index (χ0) is 16.1. The van der Waals surface area contributed by atoms with Crippen LogP contribution in [0.4, 0.5) is 0 Å². The molecule has 118 valence electrons. The highest BCUT2D eigenvalue weighted by Crippen LogP contribution is 2.22. The summed E-state index contributed by atoms with van der Waals surface area (Å²) in [5, 5.41) is 7.16. The summed E-state index contributed by atoms with van der Waals surface area (Å²) < 4.78 is 8.49. The molecule has 2 atom stereocenters. The normalized spacial score (nSPS) is 13.5. The molecule has 1 amide bonds. The molecule has 0 saturated carbocycles. The molecule has 22 heavy (non-hydrogen) atoms. The van der Waals surface area contributed by atoms with Crippen molar-refractivity contribution in [3.63, 3.8) is 0 Å². The summed E-state index contributed by atoms with van der Waals surface area (Å²) >= 11 is 2.24. The van der Waals surface area contributed by atoms with Gasteiger partial charge in [0.2, 0.25) is 5.91 Å². The van der Waals surface area contributed by atoms with Crippen LogP contribution in [-0.4, -0.2) is 21.7 Å². The lowest BCUT2D eigenvalue weighted by atomic mass is 10.2. The van der Waals surface area contributed by atoms with Crippen LogP contribution in [0.3, 0.4) is 0 Å². The number of hydrogen-bond acceptors (Lipinski definition) is 3. The molecule has 1 aromatic carbocycles. The summed E-state index contributed by atoms with van der Waals surface area (Å²) in [6, 6.07) is 7.54. The van der Waals surface area contributed by atoms with Crippen LogP contribution in [-0.2, 0) is 4.79 Å². The Kier molecular flexibility index (Phi) is 5.82. The molecule has 0 aliphatic carbocycles. The molecule has 5 nitrogen and oxygen atoms in total. The first-order valence-corrected chi connectivity index (χ1v) is 8.35. The number of amides is 1. The number of carbonyl (C=O) groups excluding carboxylic acids is 1. The minimum Gasteiger partial charge on any atom is -0.454 e. The Bertz CT molecular complexity index is 625. The first-order chi connectivity index (χ1) is 10.5. The third kappa shape index (κ3) is 4.46. The van der Waals surface area contributed by atoms with Gasteiger partial charge in [0.1, 0.15) is 11.8 Å². The molecule has 1 heterocycles. The van der Waals surface area contributed by atoms with Crippen LogP contribution in [0.5, 0.6) is 11.5 Å². The Hall–Kier alpha value is -1.57. The van der Waals surface area contributed by atoms with E-state index in [1.54, 1.807) is 17.1 Å². The molecule has 0 aliphatic rings. The monoisotopic (exact) mass is 413 g/mol. The lowest BCUT2D eigenvalue weighted by molar-refractivity contribution is -0.124. The molecule has 0 radical (unpaired) electrons. The van der Waals surface area contributed by atoms with Crippen molar-refractivity contribution in [2.75, 3.05) is 0 Å². The third-order valence-electron chi connectivity index (χ3n) is 3.40. The summed E-state index contributed by atoms with van der Waals surface area (Å²) in [6.45, 7) is 5.84. The van der Waals surface area contributed by atoms with Gasteiger partial charge in [-0.15, -0.1) is 0 Å². The van der Waals surface area contributed by atoms with Gasteiger partial charge >= 0.3 is 0 Å². The number of rotatable bonds is 6. The van der Waals surface area contributed by atoms with Crippen molar-refractivity contribution < 1.29 is 9.53 Å². The van der Waals surface area contributed by atoms with Crippen molar-refractivity contribution in [2.24, 2.45) is 0 Å². The van der Waals surface area contributed by atoms with Gasteiger partial charge in [0.25, 0.3) is 0 Å². The van der Waals surface area contributed by atoms with E-state index >= 15 is 0 Å². The van der Waals surface area contributed by atoms with E-state index in [9.17, 15) is 4.79 Å². The smallest absolute Gasteiger partial charge is 0.244 e. The molecule has 0 bridgehead atoms. The topological polar surface area (TPSA) is 56.2 Å². The molecule has 1 N–H and O–H groups in total. The van der Waals surface area contributed by atoms with E-state index in [-0.39, 0.29) is 18.0 Å². The molecule has 6 heteroatoms. The van der Waals surface area contributed by atoms with Crippen molar-refractivity contribution in [2.45, 2.75) is 39.3 Å². The minimum atomic E-state index is -0.372. The van der Waals surface area contributed by atoms with Gasteiger partial charge in [-0.3, -0.25) is 9.48 Å². The quantitative estimate of drug-likeness (QED) is 0.734. The Balaban J connectivity index is 2.01. The maximum absolute atomic E-state index is 12.1. The standard InChI is InChI=1S/C16H20IN3O2/c1-4-11(2)19-16(21)12(3)20-10-15(9-18-20)22-14-7-5-13(17)6-8-14/h5-12H,4H2,1-3H3,(H,19,21). The maximum Gasteiger partial charge on any atom is 0.244 e. The number of nitrogens with one attached hydrogen (secondary N) is 1. The van der Waals surface area contributed by atoms with Crippen LogP contribution in [0.15, 0.2) is 36.7 Å². The van der Waals surface area contributed by atoms with Gasteiger partial charge in [0, 0.05) is 9.61 Å². The molecule has 2 rings (SSSR count). The zero-order valence-corrected chi connectivity index (χ0v) is 15.1. The van der Waals surface area contributed by atoms with E-state index in [0.717, 1.165) is 15.7 Å². The molecular formula is C16H20IN3O2. The summed E-state index contributed by atoms with van der Waals surface area (Å²) in [4.78, 5) is 12.1. The Morgan fingerprint density at radius 2 is 2.00 bits per heavy atom. The number of aromatic nitrogens is 2. The number of carbonyl (C=O) groups is 1. The molecule has 1 aromatic heterocycles. The van der Waals surface area contributed by atoms with Gasteiger partial charge in [-0.2, -0.15) is 5.10 Å². The fourth-order valence-corrected chi connectivity index (χ4v) is 2.17. The molecule has 2 unspecified atom stereocenters. The van der Waals surface area contributed by atoms with Crippen LogP contribution in [0.1, 0.15) is 33.2 Å². The molecule has 0 saturated heterocycles. The van der Waals surface area contributed by atoms with Crippen LogP contribution in [0.25, 0.3) is 0 Å². The molecule has 0 aliphatic heterocycles. The largest absolute Gasteiger partial charge is 0.454 e. The number of nitrogens with zero attached hydrogens (tertiary/aromatic N) is 2. The van der Waals surface area contributed by atoms with E-state index < -0.39 is 0 Å². The van der Waals surface area contributed by atoms with Crippen LogP contribution in [0, 0.1) is 3.57 Å². The lowest BCUT2D eigenvalue weighted by Crippen LogP contribution is -2.37. The Labute approximate surface area is 144 Å². The summed E-state index contributed by atoms with van der Waals surface area (Å²) in [5.41, 5.74) is 0. The fourth-order valence-electron chi connectivity index (χ4n) is 1.81. The maximum atomic E-state index is 12.1. The van der Waals surface area contributed by atoms with E-state index in [2.05, 4.69) is 33.0 Å². The summed E-state index contributed by atoms with van der Waals surface area (Å²) in [6.07, 6.45) is 4.25. The first kappa shape index (κ1) is 16.8. The SMILES string of the molecule is CCC(C)NC(=O)C(C)n1cc(Oc2ccc(I)cc2)cn1. The molecular weight excluding hydrogens is 393 g/mol. The van der Waals surface area contributed by atoms with E-state index in [1.165, 1.54) is 0 Å². The molecule has 0 fully saturated rings. The Morgan fingerprint density at radius 3 is 2.64 bits per heavy atom. The minimum absolute atomic E-state index is 0.0433. The summed E-state index contributed by atoms with van der Waals surface area (Å²) in [5.74, 6) is 1.32. The number of benzene rings is 1. The number of halogens is 1. The average Bonchev–Trinajstić information content (AvgIpc) is 2.97. The van der Waals surface area contributed by atoms with Crippen molar-refractivity contribution in [1.29, 1.82) is 0 Å². The zero-order valence-electron chi connectivity index (χ0n) is 12.9. The second kappa shape index (κ2) is 7.62. The second-order valence-corrected chi connectivity index (χ2v) is 6.45. The summed E-state index contributed by atoms with van der Waals surface area (Å²) in [7, 11) is 0. The lowest BCUT2D eigenvalue weighted by Gasteiger charge is -2.16. The highest BCUT2D eigenvalue weighted by molar-refractivity contribution is 14.1. The van der Waals surface area contributed by atoms with Crippen LogP contribution < -0.4 is 10.1 Å². The van der Waals surface area contributed by atoms with Gasteiger partial charge in [-0.05, 0) is 67.1 Å². The fraction of sp³-hybridized carbons (Fsp3) is 0.375. The highest BCUT2D eigenvalue weighted by atomic mass is 127. The van der Waals surface area contributed by atoms with Gasteiger partial charge in [0.05, 0.1) is 12.4 Å². The Morgan fingerprint density at radius 1 is 1.32 bits per heavy atom. The van der Waals surface area contributed by atoms with Crippen LogP contribution >= 0.6 is 22.6 Å². The predicted octanol–water partition coefficient (Wildman–Crippen LogP) is 3.76. The van der Waals surface area contributed by atoms with Gasteiger partial charge in [-0.1, -0.05) is 6.92 Å². The number of hydrogen-bond donors (Lipinski definition) is 1.